The van der Waals surface area contributed by atoms with Crippen LogP contribution < -0.4 is 5.32 Å². The molecule has 2 heterocycles. The number of urea groups is 1. The Kier molecular flexibility index (Phi) is 5.76. The number of nitrogens with zero attached hydrogens (tertiary/aromatic N) is 4. The van der Waals surface area contributed by atoms with Crippen molar-refractivity contribution in [2.45, 2.75) is 46.1 Å². The monoisotopic (exact) mass is 309 g/mol. The predicted octanol–water partition coefficient (Wildman–Crippen LogP) is 1.03. The first kappa shape index (κ1) is 16.7. The van der Waals surface area contributed by atoms with Gasteiger partial charge in [-0.1, -0.05) is 13.8 Å². The highest BCUT2D eigenvalue weighted by atomic mass is 16.3. The standard InChI is InChI=1S/C15H27N5O2/c1-3-13-18-17-12-20(13)10-7-16-14(22)19-8-5-15(4-2,11-21)6-9-19/h12,21H,3-11H2,1-2H3,(H,16,22). The van der Waals surface area contributed by atoms with Gasteiger partial charge < -0.3 is 19.9 Å². The summed E-state index contributed by atoms with van der Waals surface area (Å²) in [6.45, 7) is 7.04. The zero-order chi connectivity index (χ0) is 16.0. The van der Waals surface area contributed by atoms with Crippen LogP contribution in [0.5, 0.6) is 0 Å². The van der Waals surface area contributed by atoms with Gasteiger partial charge in [0.1, 0.15) is 12.2 Å². The van der Waals surface area contributed by atoms with Crippen molar-refractivity contribution in [2.24, 2.45) is 5.41 Å². The van der Waals surface area contributed by atoms with E-state index in [9.17, 15) is 9.90 Å². The first-order valence-electron chi connectivity index (χ1n) is 8.14. The van der Waals surface area contributed by atoms with Gasteiger partial charge in [0.2, 0.25) is 0 Å². The van der Waals surface area contributed by atoms with Gasteiger partial charge >= 0.3 is 6.03 Å². The number of hydrogen-bond acceptors (Lipinski definition) is 4. The van der Waals surface area contributed by atoms with Gasteiger partial charge in [0, 0.05) is 39.2 Å². The Morgan fingerprint density at radius 3 is 2.73 bits per heavy atom. The Bertz CT molecular complexity index is 474. The smallest absolute Gasteiger partial charge is 0.317 e. The molecule has 1 aromatic heterocycles. The van der Waals surface area contributed by atoms with E-state index in [1.54, 1.807) is 6.33 Å². The second-order valence-corrected chi connectivity index (χ2v) is 6.02. The molecule has 2 N–H and O–H groups in total. The Morgan fingerprint density at radius 1 is 1.41 bits per heavy atom. The number of hydrogen-bond donors (Lipinski definition) is 2. The lowest BCUT2D eigenvalue weighted by Crippen LogP contribution is -2.48. The summed E-state index contributed by atoms with van der Waals surface area (Å²) in [6, 6.07) is -0.0197. The van der Waals surface area contributed by atoms with Crippen LogP contribution in [0.2, 0.25) is 0 Å². The lowest BCUT2D eigenvalue weighted by atomic mass is 9.77. The van der Waals surface area contributed by atoms with Gasteiger partial charge in [-0.3, -0.25) is 0 Å². The average Bonchev–Trinajstić information content (AvgIpc) is 3.02. The molecule has 1 aromatic rings. The molecule has 1 fully saturated rings. The lowest BCUT2D eigenvalue weighted by molar-refractivity contribution is 0.0519. The molecule has 0 spiro atoms. The van der Waals surface area contributed by atoms with Crippen LogP contribution >= 0.6 is 0 Å². The minimum Gasteiger partial charge on any atom is -0.396 e. The van der Waals surface area contributed by atoms with E-state index in [1.807, 2.05) is 16.4 Å². The quantitative estimate of drug-likeness (QED) is 0.822. The fraction of sp³-hybridized carbons (Fsp3) is 0.800. The summed E-state index contributed by atoms with van der Waals surface area (Å²) < 4.78 is 1.96. The van der Waals surface area contributed by atoms with E-state index in [1.165, 1.54) is 0 Å². The number of amides is 2. The highest BCUT2D eigenvalue weighted by Crippen LogP contribution is 2.34. The number of aromatic nitrogens is 3. The summed E-state index contributed by atoms with van der Waals surface area (Å²) >= 11 is 0. The summed E-state index contributed by atoms with van der Waals surface area (Å²) in [6.07, 6.45) is 5.24. The van der Waals surface area contributed by atoms with E-state index in [0.29, 0.717) is 26.2 Å². The molecule has 124 valence electrons. The molecule has 7 heteroatoms. The first-order valence-corrected chi connectivity index (χ1v) is 8.14. The zero-order valence-electron chi connectivity index (χ0n) is 13.6. The van der Waals surface area contributed by atoms with Gasteiger partial charge in [-0.15, -0.1) is 10.2 Å². The normalized spacial score (nSPS) is 17.5. The fourth-order valence-electron chi connectivity index (χ4n) is 2.94. The number of aliphatic hydroxyl groups excluding tert-OH is 1. The molecule has 2 amide bonds. The molecule has 0 bridgehead atoms. The van der Waals surface area contributed by atoms with Crippen molar-refractivity contribution in [1.82, 2.24) is 25.0 Å². The van der Waals surface area contributed by atoms with Crippen LogP contribution in [0.15, 0.2) is 6.33 Å². The van der Waals surface area contributed by atoms with Crippen LogP contribution in [0.4, 0.5) is 4.79 Å². The maximum Gasteiger partial charge on any atom is 0.317 e. The van der Waals surface area contributed by atoms with E-state index in [4.69, 9.17) is 0 Å². The number of piperidine rings is 1. The highest BCUT2D eigenvalue weighted by molar-refractivity contribution is 5.74. The van der Waals surface area contributed by atoms with Gasteiger partial charge in [0.05, 0.1) is 0 Å². The van der Waals surface area contributed by atoms with E-state index in [-0.39, 0.29) is 18.1 Å². The molecule has 0 unspecified atom stereocenters. The molecule has 2 rings (SSSR count). The number of likely N-dealkylation sites (tertiary alicyclic amines) is 1. The van der Waals surface area contributed by atoms with Crippen molar-refractivity contribution in [3.63, 3.8) is 0 Å². The maximum absolute atomic E-state index is 12.2. The van der Waals surface area contributed by atoms with Crippen LogP contribution in [0.3, 0.4) is 0 Å². The molecule has 0 radical (unpaired) electrons. The van der Waals surface area contributed by atoms with E-state index in [0.717, 1.165) is 31.5 Å². The van der Waals surface area contributed by atoms with Crippen LogP contribution in [0, 0.1) is 5.41 Å². The molecule has 1 saturated heterocycles. The van der Waals surface area contributed by atoms with E-state index in [2.05, 4.69) is 22.4 Å². The summed E-state index contributed by atoms with van der Waals surface area (Å²) in [4.78, 5) is 14.0. The van der Waals surface area contributed by atoms with Gasteiger partial charge in [-0.2, -0.15) is 0 Å². The molecule has 0 aliphatic carbocycles. The maximum atomic E-state index is 12.2. The Hall–Kier alpha value is -1.63. The van der Waals surface area contributed by atoms with E-state index >= 15 is 0 Å². The molecular weight excluding hydrogens is 282 g/mol. The van der Waals surface area contributed by atoms with Gasteiger partial charge in [-0.25, -0.2) is 4.79 Å². The van der Waals surface area contributed by atoms with Gasteiger partial charge in [0.15, 0.2) is 0 Å². The van der Waals surface area contributed by atoms with Crippen molar-refractivity contribution in [1.29, 1.82) is 0 Å². The SMILES string of the molecule is CCc1nncn1CCNC(=O)N1CCC(CC)(CO)CC1. The van der Waals surface area contributed by atoms with E-state index < -0.39 is 0 Å². The van der Waals surface area contributed by atoms with Crippen LogP contribution in [0.25, 0.3) is 0 Å². The van der Waals surface area contributed by atoms with Crippen LogP contribution in [-0.2, 0) is 13.0 Å². The molecule has 0 saturated carbocycles. The average molecular weight is 309 g/mol. The second kappa shape index (κ2) is 7.58. The number of aryl methyl sites for hydroxylation is 1. The zero-order valence-corrected chi connectivity index (χ0v) is 13.6. The summed E-state index contributed by atoms with van der Waals surface area (Å²) in [5.41, 5.74) is 0.00921. The molecule has 1 aliphatic rings. The van der Waals surface area contributed by atoms with Crippen molar-refractivity contribution in [2.75, 3.05) is 26.2 Å². The first-order chi connectivity index (χ1) is 10.6. The Balaban J connectivity index is 1.75. The van der Waals surface area contributed by atoms with Gasteiger partial charge in [0.25, 0.3) is 0 Å². The van der Waals surface area contributed by atoms with Crippen LogP contribution in [0.1, 0.15) is 38.9 Å². The second-order valence-electron chi connectivity index (χ2n) is 6.02. The van der Waals surface area contributed by atoms with Crippen molar-refractivity contribution < 1.29 is 9.90 Å². The number of aliphatic hydroxyl groups is 1. The van der Waals surface area contributed by atoms with Crippen molar-refractivity contribution in [3.05, 3.63) is 12.2 Å². The fourth-order valence-corrected chi connectivity index (χ4v) is 2.94. The molecule has 0 atom stereocenters. The third-order valence-corrected chi connectivity index (χ3v) is 4.84. The molecule has 1 aliphatic heterocycles. The lowest BCUT2D eigenvalue weighted by Gasteiger charge is -2.40. The topological polar surface area (TPSA) is 83.3 Å². The Morgan fingerprint density at radius 2 is 2.14 bits per heavy atom. The summed E-state index contributed by atoms with van der Waals surface area (Å²) in [5.74, 6) is 0.933. The third kappa shape index (κ3) is 3.76. The van der Waals surface area contributed by atoms with Crippen LogP contribution in [-0.4, -0.2) is 57.0 Å². The minimum atomic E-state index is -0.0197. The summed E-state index contributed by atoms with van der Waals surface area (Å²) in [7, 11) is 0. The number of carbonyl (C=O) groups is 1. The minimum absolute atomic E-state index is 0.00921. The molecule has 7 nitrogen and oxygen atoms in total. The van der Waals surface area contributed by atoms with Crippen molar-refractivity contribution in [3.8, 4) is 0 Å². The molecular formula is C15H27N5O2. The third-order valence-electron chi connectivity index (χ3n) is 4.84. The molecule has 0 aromatic carbocycles. The number of carbonyl (C=O) groups excluding carboxylic acids is 1. The largest absolute Gasteiger partial charge is 0.396 e. The highest BCUT2D eigenvalue weighted by Gasteiger charge is 2.33. The summed E-state index contributed by atoms with van der Waals surface area (Å²) in [5, 5.41) is 20.4. The van der Waals surface area contributed by atoms with Gasteiger partial charge in [-0.05, 0) is 24.7 Å². The van der Waals surface area contributed by atoms with Crippen molar-refractivity contribution >= 4 is 6.03 Å². The number of rotatable bonds is 6. The molecule has 22 heavy (non-hydrogen) atoms. The predicted molar refractivity (Wildman–Crippen MR) is 83.4 cm³/mol. The number of nitrogens with one attached hydrogen (secondary N) is 1. The Labute approximate surface area is 131 Å².